The number of nitrogens with zero attached hydrogens (tertiary/aromatic N) is 2. The Morgan fingerprint density at radius 3 is 2.62 bits per heavy atom. The second-order valence-electron chi connectivity index (χ2n) is 7.01. The van der Waals surface area contributed by atoms with E-state index >= 15 is 0 Å². The van der Waals surface area contributed by atoms with Gasteiger partial charge in [0.15, 0.2) is 0 Å². The highest BCUT2D eigenvalue weighted by Crippen LogP contribution is 2.25. The summed E-state index contributed by atoms with van der Waals surface area (Å²) in [6.45, 7) is 5.42. The van der Waals surface area contributed by atoms with E-state index < -0.39 is 10.0 Å². The summed E-state index contributed by atoms with van der Waals surface area (Å²) in [5.41, 5.74) is 0.863. The number of piperidine rings is 1. The van der Waals surface area contributed by atoms with Gasteiger partial charge in [0, 0.05) is 36.2 Å². The number of sulfonamides is 1. The Morgan fingerprint density at radius 2 is 1.92 bits per heavy atom. The quantitative estimate of drug-likeness (QED) is 0.841. The summed E-state index contributed by atoms with van der Waals surface area (Å²) in [6, 6.07) is 7.16. The maximum Gasteiger partial charge on any atom is 0.243 e. The molecule has 0 bridgehead atoms. The van der Waals surface area contributed by atoms with Gasteiger partial charge in [-0.1, -0.05) is 13.3 Å². The van der Waals surface area contributed by atoms with Crippen LogP contribution in [0, 0.1) is 0 Å². The van der Waals surface area contributed by atoms with Gasteiger partial charge in [-0.25, -0.2) is 8.42 Å². The van der Waals surface area contributed by atoms with E-state index in [2.05, 4.69) is 5.32 Å². The molecule has 1 fully saturated rings. The van der Waals surface area contributed by atoms with E-state index in [1.165, 1.54) is 0 Å². The van der Waals surface area contributed by atoms with Gasteiger partial charge in [0.05, 0.1) is 4.90 Å². The van der Waals surface area contributed by atoms with E-state index in [0.29, 0.717) is 18.0 Å². The normalized spacial score (nSPS) is 17.3. The molecule has 0 spiro atoms. The number of nitrogens with one attached hydrogen (secondary N) is 1. The highest BCUT2D eigenvalue weighted by molar-refractivity contribution is 7.89. The lowest BCUT2D eigenvalue weighted by Crippen LogP contribution is -2.35. The summed E-state index contributed by atoms with van der Waals surface area (Å²) in [5, 5.41) is 3.78. The number of carbonyl (C=O) groups excluding carboxylic acids is 1. The fourth-order valence-electron chi connectivity index (χ4n) is 3.31. The summed E-state index contributed by atoms with van der Waals surface area (Å²) >= 11 is 0. The molecule has 1 amide bonds. The maximum atomic E-state index is 12.8. The molecule has 1 aromatic heterocycles. The van der Waals surface area contributed by atoms with Crippen LogP contribution in [-0.2, 0) is 21.4 Å². The predicted octanol–water partition coefficient (Wildman–Crippen LogP) is 2.73. The van der Waals surface area contributed by atoms with E-state index in [1.54, 1.807) is 22.5 Å². The molecule has 0 unspecified atom stereocenters. The first-order valence-electron chi connectivity index (χ1n) is 9.30. The van der Waals surface area contributed by atoms with Gasteiger partial charge in [0.1, 0.15) is 6.54 Å². The van der Waals surface area contributed by atoms with Crippen LogP contribution in [0.3, 0.4) is 0 Å². The van der Waals surface area contributed by atoms with Crippen molar-refractivity contribution in [1.29, 1.82) is 0 Å². The molecule has 1 saturated heterocycles. The molecule has 6 nitrogen and oxygen atoms in total. The fraction of sp³-hybridized carbons (Fsp3) is 0.526. The highest BCUT2D eigenvalue weighted by atomic mass is 32.2. The van der Waals surface area contributed by atoms with Crippen LogP contribution < -0.4 is 5.32 Å². The van der Waals surface area contributed by atoms with E-state index in [0.717, 1.165) is 36.6 Å². The van der Waals surface area contributed by atoms with Crippen LogP contribution in [0.25, 0.3) is 10.9 Å². The first-order valence-corrected chi connectivity index (χ1v) is 10.7. The molecule has 1 atom stereocenters. The molecule has 0 radical (unpaired) electrons. The summed E-state index contributed by atoms with van der Waals surface area (Å²) in [5.74, 6) is -0.0399. The largest absolute Gasteiger partial charge is 0.352 e. The first kappa shape index (κ1) is 18.9. The maximum absolute atomic E-state index is 12.8. The van der Waals surface area contributed by atoms with Crippen molar-refractivity contribution in [2.24, 2.45) is 0 Å². The zero-order valence-corrected chi connectivity index (χ0v) is 16.3. The third kappa shape index (κ3) is 3.94. The Morgan fingerprint density at radius 1 is 1.19 bits per heavy atom. The van der Waals surface area contributed by atoms with Crippen molar-refractivity contribution in [2.45, 2.75) is 57.0 Å². The van der Waals surface area contributed by atoms with E-state index in [4.69, 9.17) is 0 Å². The predicted molar refractivity (Wildman–Crippen MR) is 102 cm³/mol. The van der Waals surface area contributed by atoms with E-state index in [1.807, 2.05) is 30.7 Å². The minimum absolute atomic E-state index is 0.0399. The topological polar surface area (TPSA) is 71.4 Å². The van der Waals surface area contributed by atoms with E-state index in [9.17, 15) is 13.2 Å². The summed E-state index contributed by atoms with van der Waals surface area (Å²) in [4.78, 5) is 12.4. The van der Waals surface area contributed by atoms with Gasteiger partial charge < -0.3 is 9.88 Å². The molecule has 1 aliphatic heterocycles. The zero-order valence-electron chi connectivity index (χ0n) is 15.4. The van der Waals surface area contributed by atoms with Crippen LogP contribution in [0.4, 0.5) is 0 Å². The van der Waals surface area contributed by atoms with Crippen molar-refractivity contribution < 1.29 is 13.2 Å². The number of benzene rings is 1. The van der Waals surface area contributed by atoms with Crippen LogP contribution >= 0.6 is 0 Å². The fourth-order valence-corrected chi connectivity index (χ4v) is 4.86. The van der Waals surface area contributed by atoms with Gasteiger partial charge in [0.25, 0.3) is 0 Å². The van der Waals surface area contributed by atoms with Gasteiger partial charge in [-0.15, -0.1) is 0 Å². The summed E-state index contributed by atoms with van der Waals surface area (Å²) in [6.07, 6.45) is 5.65. The van der Waals surface area contributed by atoms with Gasteiger partial charge in [-0.3, -0.25) is 4.79 Å². The lowest BCUT2D eigenvalue weighted by Gasteiger charge is -2.25. The van der Waals surface area contributed by atoms with Gasteiger partial charge in [-0.05, 0) is 50.5 Å². The molecule has 2 aromatic rings. The minimum atomic E-state index is -3.44. The van der Waals surface area contributed by atoms with Crippen molar-refractivity contribution in [3.8, 4) is 0 Å². The second kappa shape index (κ2) is 7.80. The molecule has 1 aromatic carbocycles. The lowest BCUT2D eigenvalue weighted by molar-refractivity contribution is -0.122. The molecule has 26 heavy (non-hydrogen) atoms. The molecule has 0 saturated carbocycles. The third-order valence-corrected chi connectivity index (χ3v) is 6.92. The van der Waals surface area contributed by atoms with Gasteiger partial charge in [0.2, 0.25) is 15.9 Å². The van der Waals surface area contributed by atoms with Crippen LogP contribution in [0.1, 0.15) is 39.5 Å². The smallest absolute Gasteiger partial charge is 0.243 e. The Bertz CT molecular complexity index is 883. The van der Waals surface area contributed by atoms with Crippen molar-refractivity contribution in [1.82, 2.24) is 14.2 Å². The number of hydrogen-bond donors (Lipinski definition) is 1. The first-order chi connectivity index (χ1) is 12.4. The Labute approximate surface area is 155 Å². The van der Waals surface area contributed by atoms with Crippen LogP contribution in [0.2, 0.25) is 0 Å². The number of rotatable bonds is 6. The number of fused-ring (bicyclic) bond motifs is 1. The second-order valence-corrected chi connectivity index (χ2v) is 8.94. The van der Waals surface area contributed by atoms with Crippen molar-refractivity contribution in [2.75, 3.05) is 13.1 Å². The van der Waals surface area contributed by atoms with E-state index in [-0.39, 0.29) is 18.5 Å². The van der Waals surface area contributed by atoms with Crippen LogP contribution in [-0.4, -0.2) is 42.3 Å². The van der Waals surface area contributed by atoms with Crippen molar-refractivity contribution >= 4 is 26.8 Å². The molecule has 0 aliphatic carbocycles. The molecule has 1 aliphatic rings. The molecular weight excluding hydrogens is 350 g/mol. The lowest BCUT2D eigenvalue weighted by atomic mass is 10.2. The van der Waals surface area contributed by atoms with Crippen LogP contribution in [0.15, 0.2) is 35.4 Å². The standard InChI is InChI=1S/C19H27N3O3S/c1-3-15(2)20-19(23)14-21-12-9-16-13-17(7-8-18(16)21)26(24,25)22-10-5-4-6-11-22/h7-9,12-13,15H,3-6,10-11,14H2,1-2H3,(H,20,23)/t15-/m1/s1. The molecular formula is C19H27N3O3S. The molecule has 142 valence electrons. The van der Waals surface area contributed by atoms with Crippen molar-refractivity contribution in [3.63, 3.8) is 0 Å². The number of aromatic nitrogens is 1. The highest BCUT2D eigenvalue weighted by Gasteiger charge is 2.26. The molecule has 2 heterocycles. The van der Waals surface area contributed by atoms with Gasteiger partial charge in [-0.2, -0.15) is 4.31 Å². The Hall–Kier alpha value is -1.86. The minimum Gasteiger partial charge on any atom is -0.352 e. The molecule has 7 heteroatoms. The average Bonchev–Trinajstić information content (AvgIpc) is 3.04. The molecule has 1 N–H and O–H groups in total. The van der Waals surface area contributed by atoms with Crippen molar-refractivity contribution in [3.05, 3.63) is 30.5 Å². The Kier molecular flexibility index (Phi) is 5.67. The monoisotopic (exact) mass is 377 g/mol. The third-order valence-electron chi connectivity index (χ3n) is 5.03. The Balaban J connectivity index is 1.81. The number of carbonyl (C=O) groups is 1. The number of hydrogen-bond acceptors (Lipinski definition) is 3. The summed E-state index contributed by atoms with van der Waals surface area (Å²) < 4.78 is 29.1. The number of amides is 1. The zero-order chi connectivity index (χ0) is 18.7. The average molecular weight is 378 g/mol. The molecule has 3 rings (SSSR count). The SMILES string of the molecule is CC[C@@H](C)NC(=O)Cn1ccc2cc(S(=O)(=O)N3CCCCC3)ccc21. The summed E-state index contributed by atoms with van der Waals surface area (Å²) in [7, 11) is -3.44. The van der Waals surface area contributed by atoms with Crippen LogP contribution in [0.5, 0.6) is 0 Å². The van der Waals surface area contributed by atoms with Gasteiger partial charge >= 0.3 is 0 Å².